The molecule has 0 amide bonds. The highest BCUT2D eigenvalue weighted by Crippen LogP contribution is 2.32. The fourth-order valence-electron chi connectivity index (χ4n) is 2.80. The van der Waals surface area contributed by atoms with Crippen LogP contribution >= 0.6 is 11.6 Å². The van der Waals surface area contributed by atoms with E-state index in [1.807, 2.05) is 23.9 Å². The predicted molar refractivity (Wildman–Crippen MR) is 81.0 cm³/mol. The molecule has 6 heteroatoms. The molecule has 0 aromatic carbocycles. The molecule has 3 rings (SSSR count). The van der Waals surface area contributed by atoms with Crippen molar-refractivity contribution in [2.75, 3.05) is 13.7 Å². The number of hydrogen-bond donors (Lipinski definition) is 0. The molecule has 2 atom stereocenters. The number of halogens is 1. The van der Waals surface area contributed by atoms with Crippen LogP contribution in [0.15, 0.2) is 30.7 Å². The third kappa shape index (κ3) is 2.95. The minimum absolute atomic E-state index is 0.0689. The molecule has 0 bridgehead atoms. The average molecular weight is 307 g/mol. The zero-order chi connectivity index (χ0) is 14.8. The van der Waals surface area contributed by atoms with Gasteiger partial charge < -0.3 is 9.30 Å². The van der Waals surface area contributed by atoms with Gasteiger partial charge in [-0.05, 0) is 19.5 Å². The standard InChI is InChI=1S/C15H19ClN4O/c1-19(10-14-18-9-13(16)20(14)2)12-5-7-21-15(12)11-4-3-6-17-8-11/h3-4,6,8-9,12,15H,5,7,10H2,1-2H3/t12-,15+/m0/s1. The van der Waals surface area contributed by atoms with Gasteiger partial charge in [-0.25, -0.2) is 4.98 Å². The molecule has 0 saturated carbocycles. The second-order valence-corrected chi connectivity index (χ2v) is 5.79. The van der Waals surface area contributed by atoms with E-state index in [4.69, 9.17) is 16.3 Å². The van der Waals surface area contributed by atoms with Crippen molar-refractivity contribution in [3.63, 3.8) is 0 Å². The average Bonchev–Trinajstić information content (AvgIpc) is 3.10. The molecule has 1 fully saturated rings. The van der Waals surface area contributed by atoms with E-state index in [1.165, 1.54) is 0 Å². The summed E-state index contributed by atoms with van der Waals surface area (Å²) in [5.74, 6) is 0.958. The van der Waals surface area contributed by atoms with Crippen LogP contribution in [0.4, 0.5) is 0 Å². The van der Waals surface area contributed by atoms with Crippen molar-refractivity contribution < 1.29 is 4.74 Å². The monoisotopic (exact) mass is 306 g/mol. The first-order valence-electron chi connectivity index (χ1n) is 7.04. The van der Waals surface area contributed by atoms with Crippen LogP contribution < -0.4 is 0 Å². The molecule has 0 aliphatic carbocycles. The Bertz CT molecular complexity index is 601. The topological polar surface area (TPSA) is 43.2 Å². The Morgan fingerprint density at radius 2 is 2.33 bits per heavy atom. The number of nitrogens with zero attached hydrogens (tertiary/aromatic N) is 4. The van der Waals surface area contributed by atoms with Crippen LogP contribution in [0.3, 0.4) is 0 Å². The third-order valence-corrected chi connectivity index (χ3v) is 4.41. The maximum atomic E-state index is 6.05. The van der Waals surface area contributed by atoms with Crippen LogP contribution in [0.25, 0.3) is 0 Å². The molecule has 112 valence electrons. The molecule has 2 aromatic rings. The summed E-state index contributed by atoms with van der Waals surface area (Å²) in [5.41, 5.74) is 1.13. The third-order valence-electron chi connectivity index (χ3n) is 4.06. The summed E-state index contributed by atoms with van der Waals surface area (Å²) in [6.45, 7) is 1.52. The van der Waals surface area contributed by atoms with Crippen molar-refractivity contribution in [2.45, 2.75) is 25.1 Å². The maximum absolute atomic E-state index is 6.05. The minimum Gasteiger partial charge on any atom is -0.372 e. The lowest BCUT2D eigenvalue weighted by molar-refractivity contribution is 0.0660. The lowest BCUT2D eigenvalue weighted by atomic mass is 10.0. The number of hydrogen-bond acceptors (Lipinski definition) is 4. The molecule has 0 unspecified atom stereocenters. The van der Waals surface area contributed by atoms with Crippen LogP contribution in [0.5, 0.6) is 0 Å². The Labute approximate surface area is 129 Å². The van der Waals surface area contributed by atoms with E-state index in [0.717, 1.165) is 31.0 Å². The lowest BCUT2D eigenvalue weighted by Gasteiger charge is -2.28. The number of imidazole rings is 1. The summed E-state index contributed by atoms with van der Waals surface area (Å²) in [4.78, 5) is 10.8. The Morgan fingerprint density at radius 1 is 1.48 bits per heavy atom. The summed E-state index contributed by atoms with van der Waals surface area (Å²) in [7, 11) is 4.04. The summed E-state index contributed by atoms with van der Waals surface area (Å²) in [6, 6.07) is 4.35. The second-order valence-electron chi connectivity index (χ2n) is 5.41. The van der Waals surface area contributed by atoms with Gasteiger partial charge in [0.1, 0.15) is 11.0 Å². The van der Waals surface area contributed by atoms with Gasteiger partial charge in [-0.15, -0.1) is 0 Å². The molecule has 5 nitrogen and oxygen atoms in total. The summed E-state index contributed by atoms with van der Waals surface area (Å²) >= 11 is 6.05. The van der Waals surface area contributed by atoms with E-state index in [0.29, 0.717) is 11.2 Å². The van der Waals surface area contributed by atoms with E-state index in [2.05, 4.69) is 28.0 Å². The van der Waals surface area contributed by atoms with Crippen molar-refractivity contribution in [3.8, 4) is 0 Å². The van der Waals surface area contributed by atoms with Crippen LogP contribution in [0.1, 0.15) is 23.9 Å². The smallest absolute Gasteiger partial charge is 0.128 e. The van der Waals surface area contributed by atoms with Gasteiger partial charge in [-0.2, -0.15) is 0 Å². The van der Waals surface area contributed by atoms with Crippen molar-refractivity contribution in [2.24, 2.45) is 7.05 Å². The van der Waals surface area contributed by atoms with Gasteiger partial charge in [0.2, 0.25) is 0 Å². The van der Waals surface area contributed by atoms with Crippen molar-refractivity contribution in [1.82, 2.24) is 19.4 Å². The second kappa shape index (κ2) is 6.13. The van der Waals surface area contributed by atoms with E-state index < -0.39 is 0 Å². The SMILES string of the molecule is CN(Cc1ncc(Cl)n1C)[C@H]1CCO[C@@H]1c1cccnc1. The highest BCUT2D eigenvalue weighted by atomic mass is 35.5. The molecule has 0 spiro atoms. The van der Waals surface area contributed by atoms with Crippen molar-refractivity contribution in [3.05, 3.63) is 47.3 Å². The number of pyridine rings is 1. The van der Waals surface area contributed by atoms with Gasteiger partial charge in [0.25, 0.3) is 0 Å². The van der Waals surface area contributed by atoms with E-state index in [-0.39, 0.29) is 6.10 Å². The van der Waals surface area contributed by atoms with Crippen molar-refractivity contribution >= 4 is 11.6 Å². The van der Waals surface area contributed by atoms with Crippen LogP contribution in [0.2, 0.25) is 5.15 Å². The minimum atomic E-state index is 0.0689. The van der Waals surface area contributed by atoms with Gasteiger partial charge in [-0.3, -0.25) is 9.88 Å². The molecule has 1 saturated heterocycles. The highest BCUT2D eigenvalue weighted by molar-refractivity contribution is 6.29. The van der Waals surface area contributed by atoms with Gasteiger partial charge in [0.15, 0.2) is 0 Å². The number of ether oxygens (including phenoxy) is 1. The number of likely N-dealkylation sites (N-methyl/N-ethyl adjacent to an activating group) is 1. The van der Waals surface area contributed by atoms with Gasteiger partial charge in [-0.1, -0.05) is 17.7 Å². The molecule has 0 N–H and O–H groups in total. The van der Waals surface area contributed by atoms with Crippen LogP contribution in [0, 0.1) is 0 Å². The van der Waals surface area contributed by atoms with Crippen LogP contribution in [-0.2, 0) is 18.3 Å². The van der Waals surface area contributed by atoms with E-state index >= 15 is 0 Å². The first-order chi connectivity index (χ1) is 10.2. The Balaban J connectivity index is 1.74. The fourth-order valence-corrected chi connectivity index (χ4v) is 2.95. The normalized spacial score (nSPS) is 22.1. The quantitative estimate of drug-likeness (QED) is 0.870. The fraction of sp³-hybridized carbons (Fsp3) is 0.467. The molecule has 3 heterocycles. The Morgan fingerprint density at radius 3 is 3.00 bits per heavy atom. The highest BCUT2D eigenvalue weighted by Gasteiger charge is 2.33. The van der Waals surface area contributed by atoms with Crippen molar-refractivity contribution in [1.29, 1.82) is 0 Å². The van der Waals surface area contributed by atoms with Gasteiger partial charge >= 0.3 is 0 Å². The molecular weight excluding hydrogens is 288 g/mol. The molecule has 2 aromatic heterocycles. The molecule has 0 radical (unpaired) electrons. The molecular formula is C15H19ClN4O. The summed E-state index contributed by atoms with van der Waals surface area (Å²) < 4.78 is 7.82. The lowest BCUT2D eigenvalue weighted by Crippen LogP contribution is -2.34. The van der Waals surface area contributed by atoms with E-state index in [9.17, 15) is 0 Å². The maximum Gasteiger partial charge on any atom is 0.128 e. The molecule has 1 aliphatic heterocycles. The van der Waals surface area contributed by atoms with E-state index in [1.54, 1.807) is 12.4 Å². The Kier molecular flexibility index (Phi) is 4.24. The Hall–Kier alpha value is -1.43. The zero-order valence-electron chi connectivity index (χ0n) is 12.2. The number of aromatic nitrogens is 3. The molecule has 21 heavy (non-hydrogen) atoms. The largest absolute Gasteiger partial charge is 0.372 e. The first kappa shape index (κ1) is 14.5. The predicted octanol–water partition coefficient (Wildman–Crippen LogP) is 2.43. The zero-order valence-corrected chi connectivity index (χ0v) is 13.0. The summed E-state index contributed by atoms with van der Waals surface area (Å²) in [5, 5.41) is 0.657. The summed E-state index contributed by atoms with van der Waals surface area (Å²) in [6.07, 6.45) is 6.43. The first-order valence-corrected chi connectivity index (χ1v) is 7.42. The van der Waals surface area contributed by atoms with Gasteiger partial charge in [0, 0.05) is 37.7 Å². The van der Waals surface area contributed by atoms with Crippen LogP contribution in [-0.4, -0.2) is 39.1 Å². The van der Waals surface area contributed by atoms with Gasteiger partial charge in [0.05, 0.1) is 18.8 Å². The molecule has 1 aliphatic rings. The number of rotatable bonds is 4.